The average molecular weight is 310 g/mol. The lowest BCUT2D eigenvalue weighted by atomic mass is 9.94. The molecular weight excluding hydrogens is 288 g/mol. The molecule has 1 aromatic rings. The summed E-state index contributed by atoms with van der Waals surface area (Å²) >= 11 is 0. The van der Waals surface area contributed by atoms with Gasteiger partial charge in [0, 0.05) is 31.6 Å². The highest BCUT2D eigenvalue weighted by molar-refractivity contribution is 7.89. The van der Waals surface area contributed by atoms with E-state index >= 15 is 0 Å². The Kier molecular flexibility index (Phi) is 4.39. The monoisotopic (exact) mass is 310 g/mol. The van der Waals surface area contributed by atoms with Crippen LogP contribution in [0.3, 0.4) is 0 Å². The lowest BCUT2D eigenvalue weighted by Gasteiger charge is -2.37. The minimum absolute atomic E-state index is 0.0688. The van der Waals surface area contributed by atoms with Crippen molar-refractivity contribution in [2.75, 3.05) is 26.2 Å². The molecule has 0 aromatic heterocycles. The van der Waals surface area contributed by atoms with Crippen LogP contribution in [-0.2, 0) is 14.8 Å². The molecule has 0 atom stereocenters. The molecule has 0 bridgehead atoms. The third-order valence-corrected chi connectivity index (χ3v) is 5.46. The third-order valence-electron chi connectivity index (χ3n) is 3.55. The van der Waals surface area contributed by atoms with Crippen molar-refractivity contribution in [1.82, 2.24) is 9.21 Å². The van der Waals surface area contributed by atoms with Crippen molar-refractivity contribution in [3.8, 4) is 0 Å². The Morgan fingerprint density at radius 1 is 1.00 bits per heavy atom. The Hall–Kier alpha value is -1.40. The van der Waals surface area contributed by atoms with E-state index in [1.807, 2.05) is 20.8 Å². The van der Waals surface area contributed by atoms with Gasteiger partial charge >= 0.3 is 0 Å². The molecule has 0 saturated carbocycles. The first kappa shape index (κ1) is 16.0. The second-order valence-electron chi connectivity index (χ2n) is 6.26. The van der Waals surface area contributed by atoms with Crippen LogP contribution < -0.4 is 0 Å². The van der Waals surface area contributed by atoms with Gasteiger partial charge in [-0.2, -0.15) is 4.31 Å². The summed E-state index contributed by atoms with van der Waals surface area (Å²) in [7, 11) is -3.45. The van der Waals surface area contributed by atoms with Crippen LogP contribution in [-0.4, -0.2) is 49.7 Å². The quantitative estimate of drug-likeness (QED) is 0.833. The molecule has 6 heteroatoms. The molecule has 0 spiro atoms. The van der Waals surface area contributed by atoms with Crippen LogP contribution >= 0.6 is 0 Å². The van der Waals surface area contributed by atoms with Crippen molar-refractivity contribution in [1.29, 1.82) is 0 Å². The van der Waals surface area contributed by atoms with Crippen LogP contribution in [0.25, 0.3) is 0 Å². The number of hydrogen-bond donors (Lipinski definition) is 0. The first-order valence-electron chi connectivity index (χ1n) is 7.07. The maximum Gasteiger partial charge on any atom is 0.243 e. The first-order valence-corrected chi connectivity index (χ1v) is 8.51. The maximum absolute atomic E-state index is 12.5. The van der Waals surface area contributed by atoms with E-state index in [0.29, 0.717) is 31.1 Å². The van der Waals surface area contributed by atoms with Gasteiger partial charge < -0.3 is 4.90 Å². The van der Waals surface area contributed by atoms with Gasteiger partial charge in [-0.3, -0.25) is 4.79 Å². The highest BCUT2D eigenvalue weighted by atomic mass is 32.2. The van der Waals surface area contributed by atoms with Crippen LogP contribution in [0, 0.1) is 5.41 Å². The van der Waals surface area contributed by atoms with Crippen molar-refractivity contribution < 1.29 is 13.2 Å². The second kappa shape index (κ2) is 5.77. The number of piperazine rings is 1. The minimum atomic E-state index is -3.45. The van der Waals surface area contributed by atoms with Gasteiger partial charge in [0.2, 0.25) is 15.9 Å². The topological polar surface area (TPSA) is 57.7 Å². The molecule has 116 valence electrons. The summed E-state index contributed by atoms with van der Waals surface area (Å²) in [5.41, 5.74) is -0.430. The van der Waals surface area contributed by atoms with E-state index < -0.39 is 15.4 Å². The number of carbonyl (C=O) groups excluding carboxylic acids is 1. The summed E-state index contributed by atoms with van der Waals surface area (Å²) in [5, 5.41) is 0. The van der Waals surface area contributed by atoms with Gasteiger partial charge in [0.15, 0.2) is 0 Å². The molecule has 1 heterocycles. The summed E-state index contributed by atoms with van der Waals surface area (Å²) in [6, 6.07) is 8.42. The second-order valence-corrected chi connectivity index (χ2v) is 8.20. The van der Waals surface area contributed by atoms with Crippen LogP contribution in [0.4, 0.5) is 0 Å². The van der Waals surface area contributed by atoms with E-state index in [2.05, 4.69) is 0 Å². The fraction of sp³-hybridized carbons (Fsp3) is 0.533. The highest BCUT2D eigenvalue weighted by Crippen LogP contribution is 2.21. The Morgan fingerprint density at radius 3 is 2.00 bits per heavy atom. The predicted octanol–water partition coefficient (Wildman–Crippen LogP) is 1.57. The molecule has 21 heavy (non-hydrogen) atoms. The van der Waals surface area contributed by atoms with Gasteiger partial charge in [0.25, 0.3) is 0 Å². The lowest BCUT2D eigenvalue weighted by Crippen LogP contribution is -2.52. The van der Waals surface area contributed by atoms with Crippen molar-refractivity contribution >= 4 is 15.9 Å². The fourth-order valence-corrected chi connectivity index (χ4v) is 3.79. The minimum Gasteiger partial charge on any atom is -0.340 e. The largest absolute Gasteiger partial charge is 0.340 e. The zero-order chi connectivity index (χ0) is 15.7. The SMILES string of the molecule is CC(C)(C)C(=O)N1CCN(S(=O)(=O)c2ccccc2)CC1. The molecule has 0 N–H and O–H groups in total. The van der Waals surface area contributed by atoms with Crippen LogP contribution in [0.15, 0.2) is 35.2 Å². The summed E-state index contributed by atoms with van der Waals surface area (Å²) in [5.74, 6) is 0.0688. The van der Waals surface area contributed by atoms with E-state index in [0.717, 1.165) is 0 Å². The van der Waals surface area contributed by atoms with E-state index in [1.165, 1.54) is 4.31 Å². The number of sulfonamides is 1. The fourth-order valence-electron chi connectivity index (χ4n) is 2.35. The molecule has 0 radical (unpaired) electrons. The highest BCUT2D eigenvalue weighted by Gasteiger charge is 2.33. The Balaban J connectivity index is 2.07. The van der Waals surface area contributed by atoms with Crippen molar-refractivity contribution in [3.05, 3.63) is 30.3 Å². The van der Waals surface area contributed by atoms with Gasteiger partial charge in [-0.25, -0.2) is 8.42 Å². The number of hydrogen-bond acceptors (Lipinski definition) is 3. The van der Waals surface area contributed by atoms with Gasteiger partial charge in [0.1, 0.15) is 0 Å². The van der Waals surface area contributed by atoms with Gasteiger partial charge in [-0.1, -0.05) is 39.0 Å². The Bertz CT molecular complexity index is 598. The summed E-state index contributed by atoms with van der Waals surface area (Å²) < 4.78 is 26.4. The van der Waals surface area contributed by atoms with Gasteiger partial charge in [-0.15, -0.1) is 0 Å². The third kappa shape index (κ3) is 3.44. The number of benzene rings is 1. The molecule has 1 fully saturated rings. The normalized spacial score (nSPS) is 17.8. The Labute approximate surface area is 126 Å². The molecule has 1 saturated heterocycles. The number of rotatable bonds is 2. The van der Waals surface area contributed by atoms with E-state index in [4.69, 9.17) is 0 Å². The van der Waals surface area contributed by atoms with Crippen molar-refractivity contribution in [2.24, 2.45) is 5.41 Å². The molecule has 0 aliphatic carbocycles. The molecule has 1 aromatic carbocycles. The maximum atomic E-state index is 12.5. The smallest absolute Gasteiger partial charge is 0.243 e. The Morgan fingerprint density at radius 2 is 1.52 bits per heavy atom. The van der Waals surface area contributed by atoms with Crippen LogP contribution in [0.1, 0.15) is 20.8 Å². The van der Waals surface area contributed by atoms with E-state index in [-0.39, 0.29) is 5.91 Å². The zero-order valence-corrected chi connectivity index (χ0v) is 13.6. The standard InChI is InChI=1S/C15H22N2O3S/c1-15(2,3)14(18)16-9-11-17(12-10-16)21(19,20)13-7-5-4-6-8-13/h4-8H,9-12H2,1-3H3. The average Bonchev–Trinajstić information content (AvgIpc) is 2.46. The van der Waals surface area contributed by atoms with Crippen LogP contribution in [0.2, 0.25) is 0 Å². The van der Waals surface area contributed by atoms with Crippen molar-refractivity contribution in [3.63, 3.8) is 0 Å². The number of nitrogens with zero attached hydrogens (tertiary/aromatic N) is 2. The summed E-state index contributed by atoms with van der Waals surface area (Å²) in [6.07, 6.45) is 0. The molecule has 5 nitrogen and oxygen atoms in total. The van der Waals surface area contributed by atoms with Gasteiger partial charge in [0.05, 0.1) is 4.90 Å². The lowest BCUT2D eigenvalue weighted by molar-refractivity contribution is -0.140. The number of carbonyl (C=O) groups is 1. The number of amides is 1. The summed E-state index contributed by atoms with van der Waals surface area (Å²) in [6.45, 7) is 7.22. The van der Waals surface area contributed by atoms with E-state index in [9.17, 15) is 13.2 Å². The first-order chi connectivity index (χ1) is 9.73. The molecular formula is C15H22N2O3S. The molecule has 0 unspecified atom stereocenters. The molecule has 1 amide bonds. The molecule has 1 aliphatic rings. The zero-order valence-electron chi connectivity index (χ0n) is 12.7. The summed E-state index contributed by atoms with van der Waals surface area (Å²) in [4.78, 5) is 14.3. The molecule has 1 aliphatic heterocycles. The molecule has 2 rings (SSSR count). The van der Waals surface area contributed by atoms with Crippen LogP contribution in [0.5, 0.6) is 0 Å². The van der Waals surface area contributed by atoms with Gasteiger partial charge in [-0.05, 0) is 12.1 Å². The van der Waals surface area contributed by atoms with Crippen molar-refractivity contribution in [2.45, 2.75) is 25.7 Å². The van der Waals surface area contributed by atoms with E-state index in [1.54, 1.807) is 35.2 Å². The predicted molar refractivity (Wildman–Crippen MR) is 81.2 cm³/mol.